The molecule has 1 N–H and O–H groups in total. The Bertz CT molecular complexity index is 1140. The lowest BCUT2D eigenvalue weighted by atomic mass is 10.1. The zero-order valence-corrected chi connectivity index (χ0v) is 17.1. The van der Waals surface area contributed by atoms with E-state index in [1.54, 1.807) is 0 Å². The van der Waals surface area contributed by atoms with E-state index in [9.17, 15) is 31.2 Å². The van der Waals surface area contributed by atoms with E-state index in [0.29, 0.717) is 10.4 Å². The highest BCUT2D eigenvalue weighted by Crippen LogP contribution is 2.35. The molecule has 0 bridgehead atoms. The summed E-state index contributed by atoms with van der Waals surface area (Å²) in [6, 6.07) is 5.94. The molecule has 1 aliphatic rings. The molecule has 29 heavy (non-hydrogen) atoms. The monoisotopic (exact) mass is 488 g/mol. The number of rotatable bonds is 4. The van der Waals surface area contributed by atoms with E-state index in [4.69, 9.17) is 0 Å². The molecule has 2 aromatic carbocycles. The molecule has 0 aromatic heterocycles. The van der Waals surface area contributed by atoms with Crippen molar-refractivity contribution in [2.75, 3.05) is 11.9 Å². The van der Waals surface area contributed by atoms with Crippen LogP contribution in [0.1, 0.15) is 12.5 Å². The van der Waals surface area contributed by atoms with Crippen LogP contribution < -0.4 is 5.32 Å². The average molecular weight is 489 g/mol. The number of carbonyl (C=O) groups excluding carboxylic acids is 2. The van der Waals surface area contributed by atoms with Gasteiger partial charge in [-0.15, -0.1) is 0 Å². The van der Waals surface area contributed by atoms with E-state index < -0.39 is 51.5 Å². The second kappa shape index (κ2) is 7.64. The Balaban J connectivity index is 1.87. The van der Waals surface area contributed by atoms with Crippen LogP contribution >= 0.6 is 15.9 Å². The molecule has 0 aliphatic carbocycles. The SMILES string of the molecule is CC1=C(c2ccc(F)cc2)S(=O)(=O)N(CC(=O)Nc2c(F)cc(F)cc2Br)C1=O. The molecular weight excluding hydrogens is 477 g/mol. The maximum Gasteiger partial charge on any atom is 0.268 e. The van der Waals surface area contributed by atoms with Crippen LogP contribution in [0.15, 0.2) is 46.4 Å². The molecule has 1 heterocycles. The molecular formula is C18H12BrF3N2O4S. The minimum atomic E-state index is -4.39. The first-order chi connectivity index (χ1) is 13.5. The fraction of sp³-hybridized carbons (Fsp3) is 0.111. The van der Waals surface area contributed by atoms with Gasteiger partial charge in [-0.2, -0.15) is 0 Å². The van der Waals surface area contributed by atoms with Crippen LogP contribution in [0, 0.1) is 17.5 Å². The summed E-state index contributed by atoms with van der Waals surface area (Å²) < 4.78 is 66.0. The highest BCUT2D eigenvalue weighted by Gasteiger charge is 2.43. The van der Waals surface area contributed by atoms with Gasteiger partial charge in [0.15, 0.2) is 5.82 Å². The summed E-state index contributed by atoms with van der Waals surface area (Å²) in [5, 5.41) is 2.11. The van der Waals surface area contributed by atoms with Gasteiger partial charge < -0.3 is 5.32 Å². The molecule has 0 radical (unpaired) electrons. The third-order valence-corrected chi connectivity index (χ3v) is 6.66. The van der Waals surface area contributed by atoms with Crippen molar-refractivity contribution in [3.63, 3.8) is 0 Å². The fourth-order valence-electron chi connectivity index (χ4n) is 2.79. The van der Waals surface area contributed by atoms with Gasteiger partial charge >= 0.3 is 0 Å². The number of sulfonamides is 1. The summed E-state index contributed by atoms with van der Waals surface area (Å²) >= 11 is 2.90. The molecule has 0 saturated heterocycles. The molecule has 1 aliphatic heterocycles. The number of benzene rings is 2. The lowest BCUT2D eigenvalue weighted by Gasteiger charge is -2.17. The standard InChI is InChI=1S/C18H12BrF3N2O4S/c1-9-17(10-2-4-11(20)5-3-10)29(27,28)24(18(9)26)8-15(25)23-16-13(19)6-12(21)7-14(16)22/h2-7H,8H2,1H3,(H,23,25). The second-order valence-electron chi connectivity index (χ2n) is 6.07. The molecule has 0 unspecified atom stereocenters. The third-order valence-electron chi connectivity index (χ3n) is 4.10. The Kier molecular flexibility index (Phi) is 5.54. The number of nitrogens with zero attached hydrogens (tertiary/aromatic N) is 1. The molecule has 152 valence electrons. The highest BCUT2D eigenvalue weighted by atomic mass is 79.9. The van der Waals surface area contributed by atoms with Gasteiger partial charge in [-0.05, 0) is 46.6 Å². The third kappa shape index (κ3) is 3.92. The predicted molar refractivity (Wildman–Crippen MR) is 102 cm³/mol. The largest absolute Gasteiger partial charge is 0.321 e. The summed E-state index contributed by atoms with van der Waals surface area (Å²) in [7, 11) is -4.39. The molecule has 11 heteroatoms. The number of anilines is 1. The molecule has 3 rings (SSSR count). The van der Waals surface area contributed by atoms with E-state index in [1.807, 2.05) is 0 Å². The number of halogens is 4. The van der Waals surface area contributed by atoms with Crippen molar-refractivity contribution >= 4 is 48.4 Å². The van der Waals surface area contributed by atoms with Gasteiger partial charge in [-0.1, -0.05) is 12.1 Å². The van der Waals surface area contributed by atoms with Gasteiger partial charge in [-0.25, -0.2) is 25.9 Å². The maximum atomic E-state index is 13.9. The lowest BCUT2D eigenvalue weighted by molar-refractivity contribution is -0.126. The molecule has 0 saturated carbocycles. The fourth-order valence-corrected chi connectivity index (χ4v) is 5.07. The van der Waals surface area contributed by atoms with Crippen molar-refractivity contribution in [2.24, 2.45) is 0 Å². The Morgan fingerprint density at radius 2 is 1.72 bits per heavy atom. The summed E-state index contributed by atoms with van der Waals surface area (Å²) in [6.07, 6.45) is 0. The maximum absolute atomic E-state index is 13.9. The van der Waals surface area contributed by atoms with Crippen molar-refractivity contribution in [3.05, 3.63) is 69.5 Å². The Morgan fingerprint density at radius 1 is 1.10 bits per heavy atom. The van der Waals surface area contributed by atoms with Crippen molar-refractivity contribution in [1.82, 2.24) is 4.31 Å². The number of hydrogen-bond donors (Lipinski definition) is 1. The lowest BCUT2D eigenvalue weighted by Crippen LogP contribution is -2.38. The zero-order chi connectivity index (χ0) is 21.5. The zero-order valence-electron chi connectivity index (χ0n) is 14.7. The molecule has 0 spiro atoms. The molecule has 2 aromatic rings. The Labute approximate surface area is 172 Å². The minimum Gasteiger partial charge on any atom is -0.321 e. The quantitative estimate of drug-likeness (QED) is 0.714. The first-order valence-corrected chi connectivity index (χ1v) is 10.2. The minimum absolute atomic E-state index is 0.0903. The van der Waals surface area contributed by atoms with E-state index in [0.717, 1.165) is 18.2 Å². The van der Waals surface area contributed by atoms with Crippen LogP contribution in [-0.2, 0) is 19.6 Å². The van der Waals surface area contributed by atoms with E-state index in [1.165, 1.54) is 19.1 Å². The molecule has 0 fully saturated rings. The normalized spacial score (nSPS) is 15.8. The Hall–Kier alpha value is -2.66. The summed E-state index contributed by atoms with van der Waals surface area (Å²) in [6.45, 7) is 0.346. The smallest absolute Gasteiger partial charge is 0.268 e. The van der Waals surface area contributed by atoms with E-state index in [2.05, 4.69) is 21.2 Å². The number of nitrogens with one attached hydrogen (secondary N) is 1. The topological polar surface area (TPSA) is 83.6 Å². The molecule has 0 atom stereocenters. The van der Waals surface area contributed by atoms with Crippen LogP contribution in [0.25, 0.3) is 4.91 Å². The van der Waals surface area contributed by atoms with Gasteiger partial charge in [0, 0.05) is 16.1 Å². The van der Waals surface area contributed by atoms with Crippen LogP contribution in [0.4, 0.5) is 18.9 Å². The first-order valence-electron chi connectivity index (χ1n) is 8.00. The van der Waals surface area contributed by atoms with E-state index >= 15 is 0 Å². The van der Waals surface area contributed by atoms with Crippen molar-refractivity contribution < 1.29 is 31.2 Å². The van der Waals surface area contributed by atoms with Crippen molar-refractivity contribution in [1.29, 1.82) is 0 Å². The molecule has 2 amide bonds. The van der Waals surface area contributed by atoms with Gasteiger partial charge in [-0.3, -0.25) is 9.59 Å². The second-order valence-corrected chi connectivity index (χ2v) is 8.72. The number of amides is 2. The first kappa shape index (κ1) is 21.1. The van der Waals surface area contributed by atoms with Gasteiger partial charge in [0.2, 0.25) is 5.91 Å². The summed E-state index contributed by atoms with van der Waals surface area (Å²) in [5.41, 5.74) is -0.449. The summed E-state index contributed by atoms with van der Waals surface area (Å²) in [5.74, 6) is -4.49. The van der Waals surface area contributed by atoms with Crippen molar-refractivity contribution in [2.45, 2.75) is 6.92 Å². The van der Waals surface area contributed by atoms with Gasteiger partial charge in [0.05, 0.1) is 5.69 Å². The average Bonchev–Trinajstić information content (AvgIpc) is 2.79. The number of carbonyl (C=O) groups is 2. The van der Waals surface area contributed by atoms with Gasteiger partial charge in [0.1, 0.15) is 23.1 Å². The van der Waals surface area contributed by atoms with Crippen LogP contribution in [0.5, 0.6) is 0 Å². The Morgan fingerprint density at radius 3 is 2.31 bits per heavy atom. The number of hydrogen-bond acceptors (Lipinski definition) is 4. The van der Waals surface area contributed by atoms with Crippen LogP contribution in [0.2, 0.25) is 0 Å². The van der Waals surface area contributed by atoms with Gasteiger partial charge in [0.25, 0.3) is 15.9 Å². The highest BCUT2D eigenvalue weighted by molar-refractivity contribution is 9.10. The van der Waals surface area contributed by atoms with Crippen LogP contribution in [-0.4, -0.2) is 31.1 Å². The molecule has 6 nitrogen and oxygen atoms in total. The van der Waals surface area contributed by atoms with E-state index in [-0.39, 0.29) is 20.5 Å². The summed E-state index contributed by atoms with van der Waals surface area (Å²) in [4.78, 5) is 24.4. The predicted octanol–water partition coefficient (Wildman–Crippen LogP) is 3.41. The van der Waals surface area contributed by atoms with Crippen molar-refractivity contribution in [3.8, 4) is 0 Å². The van der Waals surface area contributed by atoms with Crippen LogP contribution in [0.3, 0.4) is 0 Å².